The summed E-state index contributed by atoms with van der Waals surface area (Å²) in [5, 5.41) is 0. The van der Waals surface area contributed by atoms with Crippen LogP contribution in [0.25, 0.3) is 4.91 Å². The van der Waals surface area contributed by atoms with E-state index in [4.69, 9.17) is 18.6 Å². The predicted molar refractivity (Wildman–Crippen MR) is 92.0 cm³/mol. The Morgan fingerprint density at radius 1 is 0.840 bits per heavy atom. The van der Waals surface area contributed by atoms with E-state index in [1.165, 1.54) is 26.7 Å². The van der Waals surface area contributed by atoms with E-state index in [2.05, 4.69) is 79.4 Å². The standard InChI is InChI=1S/C17H16NS2.ClHO4/c1-18(2)15-10-8-14(9-11-15)17-12-16(19-20-17)13-6-4-3-5-7-13;2-1(3,4)5/h3-12H,1-2H3;(H,2,3,4,5)/q+1;/p-1. The largest absolute Gasteiger partial charge is 0.235 e. The SMILES string of the molecule is C[N+](C)=C1C=CC(=C2C=C(c3ccccc3)SS2)C=C1.[O-][Cl+3]([O-])([O-])[O-]. The highest BCUT2D eigenvalue weighted by atomic mass is 35.7. The molecule has 0 amide bonds. The van der Waals surface area contributed by atoms with Gasteiger partial charge in [-0.2, -0.15) is 0 Å². The fourth-order valence-corrected chi connectivity index (χ4v) is 4.50. The van der Waals surface area contributed by atoms with Crippen LogP contribution in [0.5, 0.6) is 0 Å². The molecule has 5 nitrogen and oxygen atoms in total. The third kappa shape index (κ3) is 6.83. The smallest absolute Gasteiger partial charge is 0.199 e. The van der Waals surface area contributed by atoms with Gasteiger partial charge in [-0.25, -0.2) is 23.2 Å². The maximum Gasteiger partial charge on any atom is 0.199 e. The van der Waals surface area contributed by atoms with Gasteiger partial charge in [0.15, 0.2) is 5.71 Å². The van der Waals surface area contributed by atoms with Crippen LogP contribution in [-0.4, -0.2) is 24.4 Å². The molecule has 1 aromatic carbocycles. The second-order valence-electron chi connectivity index (χ2n) is 5.22. The zero-order chi connectivity index (χ0) is 18.4. The number of allylic oxidation sites excluding steroid dienone is 6. The molecule has 0 saturated carbocycles. The van der Waals surface area contributed by atoms with Crippen molar-refractivity contribution in [2.24, 2.45) is 0 Å². The lowest BCUT2D eigenvalue weighted by Gasteiger charge is -2.17. The quantitative estimate of drug-likeness (QED) is 0.479. The molecule has 0 bridgehead atoms. The lowest BCUT2D eigenvalue weighted by atomic mass is 10.1. The van der Waals surface area contributed by atoms with Crippen LogP contribution in [0.3, 0.4) is 0 Å². The minimum Gasteiger partial charge on any atom is -0.235 e. The summed E-state index contributed by atoms with van der Waals surface area (Å²) < 4.78 is 36.1. The second kappa shape index (κ2) is 8.86. The lowest BCUT2D eigenvalue weighted by molar-refractivity contribution is -2.00. The van der Waals surface area contributed by atoms with Crippen LogP contribution in [-0.2, 0) is 0 Å². The minimum absolute atomic E-state index is 1.23. The number of halogens is 1. The molecule has 0 radical (unpaired) electrons. The van der Waals surface area contributed by atoms with Crippen molar-refractivity contribution in [2.45, 2.75) is 0 Å². The van der Waals surface area contributed by atoms with Gasteiger partial charge in [0.1, 0.15) is 14.1 Å². The number of hydrogen-bond acceptors (Lipinski definition) is 6. The van der Waals surface area contributed by atoms with Crippen LogP contribution >= 0.6 is 21.6 Å². The Hall–Kier alpha value is -1.32. The van der Waals surface area contributed by atoms with Gasteiger partial charge in [-0.3, -0.25) is 0 Å². The molecule has 132 valence electrons. The van der Waals surface area contributed by atoms with Gasteiger partial charge in [0.05, 0.1) is 0 Å². The first-order chi connectivity index (χ1) is 11.7. The van der Waals surface area contributed by atoms with Crippen molar-refractivity contribution in [3.8, 4) is 0 Å². The zero-order valence-electron chi connectivity index (χ0n) is 13.5. The molecule has 1 aliphatic heterocycles. The van der Waals surface area contributed by atoms with Gasteiger partial charge in [-0.05, 0) is 29.4 Å². The maximum absolute atomic E-state index is 8.49. The number of rotatable bonds is 1. The van der Waals surface area contributed by atoms with Crippen LogP contribution in [0.15, 0.2) is 71.2 Å². The lowest BCUT2D eigenvalue weighted by Crippen LogP contribution is -2.68. The van der Waals surface area contributed by atoms with Gasteiger partial charge in [0, 0.05) is 22.0 Å². The van der Waals surface area contributed by atoms with Gasteiger partial charge < -0.3 is 0 Å². The van der Waals surface area contributed by atoms with E-state index < -0.39 is 10.2 Å². The van der Waals surface area contributed by atoms with Crippen molar-refractivity contribution in [3.63, 3.8) is 0 Å². The summed E-state index contributed by atoms with van der Waals surface area (Å²) in [6.07, 6.45) is 11.0. The van der Waals surface area contributed by atoms with E-state index in [9.17, 15) is 0 Å². The van der Waals surface area contributed by atoms with Gasteiger partial charge in [0.25, 0.3) is 0 Å². The molecule has 1 aromatic rings. The molecule has 1 heterocycles. The summed E-state index contributed by atoms with van der Waals surface area (Å²) in [6, 6.07) is 10.6. The minimum atomic E-state index is -4.94. The molecule has 8 heteroatoms. The zero-order valence-corrected chi connectivity index (χ0v) is 15.9. The van der Waals surface area contributed by atoms with Crippen LogP contribution in [0, 0.1) is 10.2 Å². The van der Waals surface area contributed by atoms with Gasteiger partial charge >= 0.3 is 0 Å². The van der Waals surface area contributed by atoms with Gasteiger partial charge in [-0.1, -0.05) is 51.9 Å². The van der Waals surface area contributed by atoms with Crippen molar-refractivity contribution in [2.75, 3.05) is 14.1 Å². The highest BCUT2D eigenvalue weighted by Gasteiger charge is 2.16. The maximum atomic E-state index is 8.49. The highest BCUT2D eigenvalue weighted by Crippen LogP contribution is 2.50. The Morgan fingerprint density at radius 3 is 1.92 bits per heavy atom. The van der Waals surface area contributed by atoms with Gasteiger partial charge in [0.2, 0.25) is 0 Å². The Morgan fingerprint density at radius 2 is 1.40 bits per heavy atom. The van der Waals surface area contributed by atoms with E-state index in [0.29, 0.717) is 0 Å². The molecule has 0 atom stereocenters. The van der Waals surface area contributed by atoms with Crippen LogP contribution in [0.4, 0.5) is 0 Å². The normalized spacial score (nSPS) is 16.6. The Bertz CT molecular complexity index is 750. The summed E-state index contributed by atoms with van der Waals surface area (Å²) in [6.45, 7) is 0. The molecule has 0 fully saturated rings. The third-order valence-electron chi connectivity index (χ3n) is 3.21. The molecule has 0 N–H and O–H groups in total. The Balaban J connectivity index is 0.000000399. The molecule has 1 aliphatic carbocycles. The van der Waals surface area contributed by atoms with E-state index in [1.54, 1.807) is 0 Å². The summed E-state index contributed by atoms with van der Waals surface area (Å²) >= 11 is 0. The molecule has 0 spiro atoms. The topological polar surface area (TPSA) is 95.2 Å². The summed E-state index contributed by atoms with van der Waals surface area (Å²) in [7, 11) is 2.86. The molecular weight excluding hydrogens is 382 g/mol. The molecule has 2 aliphatic rings. The molecule has 0 saturated heterocycles. The first kappa shape index (κ1) is 20.0. The fourth-order valence-electron chi connectivity index (χ4n) is 2.05. The number of hydrogen-bond donors (Lipinski definition) is 0. The average Bonchev–Trinajstić information content (AvgIpc) is 3.04. The molecular formula is C17H16ClNO4S2. The van der Waals surface area contributed by atoms with Crippen molar-refractivity contribution in [1.82, 2.24) is 0 Å². The summed E-state index contributed by atoms with van der Waals surface area (Å²) in [5.41, 5.74) is 3.82. The molecule has 0 aromatic heterocycles. The highest BCUT2D eigenvalue weighted by molar-refractivity contribution is 8.82. The van der Waals surface area contributed by atoms with E-state index in [0.717, 1.165) is 0 Å². The van der Waals surface area contributed by atoms with E-state index in [1.807, 2.05) is 21.6 Å². The third-order valence-corrected chi connectivity index (χ3v) is 5.69. The Kier molecular flexibility index (Phi) is 7.09. The van der Waals surface area contributed by atoms with Crippen LogP contribution in [0.1, 0.15) is 5.56 Å². The van der Waals surface area contributed by atoms with E-state index >= 15 is 0 Å². The van der Waals surface area contributed by atoms with Crippen molar-refractivity contribution < 1.29 is 33.5 Å². The fraction of sp³-hybridized carbons (Fsp3) is 0.118. The first-order valence-electron chi connectivity index (χ1n) is 7.12. The molecule has 0 unspecified atom stereocenters. The average molecular weight is 398 g/mol. The second-order valence-corrected chi connectivity index (χ2v) is 8.19. The van der Waals surface area contributed by atoms with E-state index in [-0.39, 0.29) is 0 Å². The first-order valence-corrected chi connectivity index (χ1v) is 10.5. The molecule has 3 rings (SSSR count). The summed E-state index contributed by atoms with van der Waals surface area (Å²) in [4.78, 5) is 2.67. The number of benzene rings is 1. The molecule has 25 heavy (non-hydrogen) atoms. The Labute approximate surface area is 156 Å². The van der Waals surface area contributed by atoms with Crippen molar-refractivity contribution >= 4 is 32.2 Å². The van der Waals surface area contributed by atoms with Crippen LogP contribution in [0.2, 0.25) is 0 Å². The van der Waals surface area contributed by atoms with Crippen LogP contribution < -0.4 is 18.6 Å². The van der Waals surface area contributed by atoms with Gasteiger partial charge in [-0.15, -0.1) is 10.2 Å². The predicted octanol–water partition coefficient (Wildman–Crippen LogP) is -0.240. The summed E-state index contributed by atoms with van der Waals surface area (Å²) in [5.74, 6) is 0. The van der Waals surface area contributed by atoms with Crippen molar-refractivity contribution in [1.29, 1.82) is 0 Å². The van der Waals surface area contributed by atoms with Crippen molar-refractivity contribution in [3.05, 3.63) is 76.8 Å². The number of nitrogens with zero attached hydrogens (tertiary/aromatic N) is 1. The monoisotopic (exact) mass is 397 g/mol.